The van der Waals surface area contributed by atoms with Crippen molar-refractivity contribution in [2.75, 3.05) is 0 Å². The van der Waals surface area contributed by atoms with Gasteiger partial charge >= 0.3 is 27.3 Å². The van der Waals surface area contributed by atoms with Gasteiger partial charge in [0.15, 0.2) is 0 Å². The van der Waals surface area contributed by atoms with Crippen molar-refractivity contribution < 1.29 is 60.0 Å². The molecular formula is C32H28O12Pb. The van der Waals surface area contributed by atoms with Crippen molar-refractivity contribution >= 4 is 51.2 Å². The predicted molar refractivity (Wildman–Crippen MR) is 151 cm³/mol. The molecule has 0 radical (unpaired) electrons. The maximum Gasteiger partial charge on any atom is 4.00 e. The summed E-state index contributed by atoms with van der Waals surface area (Å²) in [6.45, 7) is 0. The summed E-state index contributed by atoms with van der Waals surface area (Å²) in [6, 6.07) is 32.4. The first-order valence-corrected chi connectivity index (χ1v) is 12.6. The molecule has 4 atom stereocenters. The zero-order valence-electron chi connectivity index (χ0n) is 23.4. The summed E-state index contributed by atoms with van der Waals surface area (Å²) in [5.41, 5.74) is 1.36. The maximum atomic E-state index is 10.1. The van der Waals surface area contributed by atoms with E-state index in [1.54, 1.807) is 72.8 Å². The van der Waals surface area contributed by atoms with Crippen LogP contribution in [-0.2, 0) is 19.2 Å². The van der Waals surface area contributed by atoms with Gasteiger partial charge < -0.3 is 60.0 Å². The molecule has 45 heavy (non-hydrogen) atoms. The minimum atomic E-state index is -1.52. The number of hydrogen-bond acceptors (Lipinski definition) is 12. The second kappa shape index (κ2) is 22.1. The van der Waals surface area contributed by atoms with Crippen LogP contribution in [0.2, 0.25) is 0 Å². The van der Waals surface area contributed by atoms with Gasteiger partial charge in [0, 0.05) is 0 Å². The smallest absolute Gasteiger partial charge is 0.547 e. The van der Waals surface area contributed by atoms with Crippen LogP contribution in [0.5, 0.6) is 0 Å². The predicted octanol–water partition coefficient (Wildman–Crippen LogP) is -2.50. The van der Waals surface area contributed by atoms with Crippen molar-refractivity contribution in [3.8, 4) is 0 Å². The molecule has 0 saturated carbocycles. The van der Waals surface area contributed by atoms with E-state index >= 15 is 0 Å². The molecule has 0 aliphatic heterocycles. The average molecular weight is 812 g/mol. The van der Waals surface area contributed by atoms with Gasteiger partial charge in [0.2, 0.25) is 0 Å². The maximum absolute atomic E-state index is 10.1. The summed E-state index contributed by atoms with van der Waals surface area (Å²) in [4.78, 5) is 40.6. The first-order chi connectivity index (χ1) is 20.9. The summed E-state index contributed by atoms with van der Waals surface area (Å²) in [7, 11) is 0. The van der Waals surface area contributed by atoms with Crippen LogP contribution >= 0.6 is 0 Å². The van der Waals surface area contributed by atoms with Gasteiger partial charge in [-0.3, -0.25) is 0 Å². The van der Waals surface area contributed by atoms with Crippen molar-refractivity contribution in [2.24, 2.45) is 0 Å². The zero-order valence-corrected chi connectivity index (χ0v) is 27.3. The normalized spacial score (nSPS) is 12.2. The van der Waals surface area contributed by atoms with E-state index in [-0.39, 0.29) is 27.3 Å². The summed E-state index contributed by atoms with van der Waals surface area (Å²) >= 11 is 0. The number of carbonyl (C=O) groups excluding carboxylic acids is 4. The Bertz CT molecular complexity index is 1200. The Balaban J connectivity index is 0.000000569. The van der Waals surface area contributed by atoms with E-state index in [0.717, 1.165) is 0 Å². The third-order valence-corrected chi connectivity index (χ3v) is 5.35. The minimum Gasteiger partial charge on any atom is -0.547 e. The summed E-state index contributed by atoms with van der Waals surface area (Å²) in [5.74, 6) is -5.90. The molecule has 0 aliphatic carbocycles. The van der Waals surface area contributed by atoms with Crippen LogP contribution < -0.4 is 20.4 Å². The van der Waals surface area contributed by atoms with Gasteiger partial charge in [-0.15, -0.1) is 0 Å². The summed E-state index contributed by atoms with van der Waals surface area (Å²) in [5, 5.41) is 76.3. The largest absolute Gasteiger partial charge is 4.00 e. The van der Waals surface area contributed by atoms with Crippen LogP contribution in [0, 0.1) is 0 Å². The Morgan fingerprint density at radius 1 is 0.356 bits per heavy atom. The quantitative estimate of drug-likeness (QED) is 0.135. The third-order valence-electron chi connectivity index (χ3n) is 5.35. The van der Waals surface area contributed by atoms with Crippen molar-refractivity contribution in [2.45, 2.75) is 24.4 Å². The van der Waals surface area contributed by atoms with Gasteiger partial charge in [0.1, 0.15) is 24.4 Å². The fourth-order valence-electron chi connectivity index (χ4n) is 3.09. The van der Waals surface area contributed by atoms with E-state index in [4.69, 9.17) is 20.4 Å². The van der Waals surface area contributed by atoms with Gasteiger partial charge in [0.25, 0.3) is 0 Å². The fraction of sp³-hybridized carbons (Fsp3) is 0.125. The molecule has 0 heterocycles. The van der Waals surface area contributed by atoms with Crippen molar-refractivity contribution in [1.29, 1.82) is 0 Å². The van der Waals surface area contributed by atoms with E-state index in [1.807, 2.05) is 0 Å². The number of carboxylic acids is 4. The molecule has 0 aliphatic rings. The Labute approximate surface area is 278 Å². The van der Waals surface area contributed by atoms with Crippen LogP contribution in [0.25, 0.3) is 0 Å². The molecular weight excluding hydrogens is 784 g/mol. The second-order valence-electron chi connectivity index (χ2n) is 8.53. The molecule has 0 spiro atoms. The van der Waals surface area contributed by atoms with Crippen molar-refractivity contribution in [3.05, 3.63) is 144 Å². The number of benzene rings is 4. The number of rotatable bonds is 8. The molecule has 0 amide bonds. The standard InChI is InChI=1S/4C8H8O3.Pb/c4*9-7(8(10)11)6-4-2-1-3-5-6;/h4*1-5,7,9H,(H,10,11);/q;;;;+4/p-4. The van der Waals surface area contributed by atoms with Crippen molar-refractivity contribution in [1.82, 2.24) is 0 Å². The molecule has 4 rings (SSSR count). The van der Waals surface area contributed by atoms with E-state index in [9.17, 15) is 39.6 Å². The molecule has 0 bridgehead atoms. The molecule has 13 heteroatoms. The topological polar surface area (TPSA) is 241 Å². The molecule has 4 aromatic carbocycles. The molecule has 12 nitrogen and oxygen atoms in total. The number of aliphatic carboxylic acids is 4. The number of aliphatic hydroxyl groups is 4. The van der Waals surface area contributed by atoms with Gasteiger partial charge in [-0.2, -0.15) is 0 Å². The SMILES string of the molecule is O=C([O-])C(O)c1ccccc1.O=C([O-])C(O)c1ccccc1.O=C([O-])C(O)c1ccccc1.O=C([O-])C(O)c1ccccc1.[Pb+4]. The third kappa shape index (κ3) is 15.7. The van der Waals surface area contributed by atoms with Gasteiger partial charge in [0.05, 0.1) is 23.9 Å². The fourth-order valence-corrected chi connectivity index (χ4v) is 3.09. The van der Waals surface area contributed by atoms with E-state index < -0.39 is 48.3 Å². The first kappa shape index (κ1) is 40.5. The van der Waals surface area contributed by atoms with Crippen LogP contribution in [0.3, 0.4) is 0 Å². The van der Waals surface area contributed by atoms with Crippen LogP contribution in [-0.4, -0.2) is 71.6 Å². The van der Waals surface area contributed by atoms with Gasteiger partial charge in [-0.25, -0.2) is 0 Å². The summed E-state index contributed by atoms with van der Waals surface area (Å²) in [6.07, 6.45) is -6.07. The molecule has 4 aromatic rings. The van der Waals surface area contributed by atoms with Crippen LogP contribution in [0.1, 0.15) is 46.7 Å². The Kier molecular flexibility index (Phi) is 19.9. The molecule has 4 N–H and O–H groups in total. The van der Waals surface area contributed by atoms with E-state index in [2.05, 4.69) is 0 Å². The number of aliphatic hydroxyl groups excluding tert-OH is 4. The van der Waals surface area contributed by atoms with Crippen LogP contribution in [0.4, 0.5) is 0 Å². The zero-order chi connectivity index (χ0) is 33.1. The Morgan fingerprint density at radius 2 is 0.489 bits per heavy atom. The Morgan fingerprint density at radius 3 is 0.600 bits per heavy atom. The van der Waals surface area contributed by atoms with Gasteiger partial charge in [-0.05, 0) is 22.3 Å². The molecule has 0 aromatic heterocycles. The molecule has 0 saturated heterocycles. The molecule has 4 unspecified atom stereocenters. The second-order valence-corrected chi connectivity index (χ2v) is 8.53. The first-order valence-electron chi connectivity index (χ1n) is 12.6. The molecule has 232 valence electrons. The van der Waals surface area contributed by atoms with E-state index in [1.165, 1.54) is 48.5 Å². The monoisotopic (exact) mass is 812 g/mol. The minimum absolute atomic E-state index is 0. The van der Waals surface area contributed by atoms with Crippen LogP contribution in [0.15, 0.2) is 121 Å². The van der Waals surface area contributed by atoms with Gasteiger partial charge in [-0.1, -0.05) is 121 Å². The molecule has 0 fully saturated rings. The van der Waals surface area contributed by atoms with E-state index in [0.29, 0.717) is 22.3 Å². The average Bonchev–Trinajstić information content (AvgIpc) is 3.05. The Hall–Kier alpha value is -4.48. The summed E-state index contributed by atoms with van der Waals surface area (Å²) < 4.78 is 0. The number of carbonyl (C=O) groups is 4. The van der Waals surface area contributed by atoms with Crippen molar-refractivity contribution in [3.63, 3.8) is 0 Å². The number of hydrogen-bond donors (Lipinski definition) is 4. The number of carboxylic acid groups (broad SMARTS) is 4.